The van der Waals surface area contributed by atoms with E-state index in [4.69, 9.17) is 4.74 Å². The van der Waals surface area contributed by atoms with Crippen molar-refractivity contribution >= 4 is 7.81 Å². The number of ether oxygens (including phenoxy) is 1. The average Bonchev–Trinajstić information content (AvgIpc) is 2.08. The Morgan fingerprint density at radius 2 is 1.26 bits per heavy atom. The molecular formula is C10H24F6NOP. The van der Waals surface area contributed by atoms with E-state index in [1.54, 1.807) is 0 Å². The normalized spacial score (nSPS) is 19.3. The molecule has 0 fully saturated rings. The van der Waals surface area contributed by atoms with Crippen LogP contribution in [0, 0.1) is 0 Å². The van der Waals surface area contributed by atoms with E-state index in [0.717, 1.165) is 17.8 Å². The van der Waals surface area contributed by atoms with Gasteiger partial charge in [-0.15, -0.1) is 0 Å². The second-order valence-corrected chi connectivity index (χ2v) is 7.11. The molecule has 2 nitrogen and oxygen atoms in total. The molecule has 0 aromatic rings. The van der Waals surface area contributed by atoms with Crippen LogP contribution in [0.15, 0.2) is 0 Å². The Kier molecular flexibility index (Phi) is 6.41. The Bertz CT molecular complexity index is 264. The molecule has 9 heteroatoms. The molecule has 0 saturated carbocycles. The quantitative estimate of drug-likeness (QED) is 0.276. The van der Waals surface area contributed by atoms with E-state index in [0.29, 0.717) is 12.1 Å². The maximum absolute atomic E-state index is 10.7. The molecule has 0 aromatic heterocycles. The summed E-state index contributed by atoms with van der Waals surface area (Å²) < 4.78 is 65.8. The summed E-state index contributed by atoms with van der Waals surface area (Å²) in [7, 11) is -8.41. The van der Waals surface area contributed by atoms with Crippen LogP contribution in [0.25, 0.3) is 0 Å². The van der Waals surface area contributed by atoms with Crippen LogP contribution in [0.5, 0.6) is 0 Å². The van der Waals surface area contributed by atoms with Crippen molar-refractivity contribution in [2.24, 2.45) is 0 Å². The van der Waals surface area contributed by atoms with E-state index >= 15 is 0 Å². The summed E-state index contributed by atoms with van der Waals surface area (Å²) in [5.41, 5.74) is 0. The minimum absolute atomic E-state index is 0.341. The zero-order valence-electron chi connectivity index (χ0n) is 12.1. The van der Waals surface area contributed by atoms with E-state index in [1.807, 2.05) is 0 Å². The van der Waals surface area contributed by atoms with Crippen molar-refractivity contribution in [3.05, 3.63) is 0 Å². The predicted molar refractivity (Wildman–Crippen MR) is 66.5 cm³/mol. The van der Waals surface area contributed by atoms with Gasteiger partial charge in [0.1, 0.15) is 0 Å². The third-order valence-corrected chi connectivity index (χ3v) is 2.67. The summed E-state index contributed by atoms with van der Waals surface area (Å²) in [4.78, 5) is 0. The molecule has 0 spiro atoms. The SMILES string of the molecule is CC[N+](C)(COC(C)C)C(C)C.F[P-](F)(F)(F)(F)F. The zero-order valence-corrected chi connectivity index (χ0v) is 13.0. The Balaban J connectivity index is 0. The summed E-state index contributed by atoms with van der Waals surface area (Å²) in [6.45, 7) is 12.8. The molecule has 0 bridgehead atoms. The fourth-order valence-electron chi connectivity index (χ4n) is 0.925. The van der Waals surface area contributed by atoms with Crippen molar-refractivity contribution in [1.29, 1.82) is 0 Å². The van der Waals surface area contributed by atoms with Crippen molar-refractivity contribution in [3.63, 3.8) is 0 Å². The van der Waals surface area contributed by atoms with Gasteiger partial charge in [0, 0.05) is 0 Å². The minimum atomic E-state index is -10.7. The summed E-state index contributed by atoms with van der Waals surface area (Å²) >= 11 is 0. The van der Waals surface area contributed by atoms with Gasteiger partial charge in [0.05, 0.1) is 25.7 Å². The first-order valence-electron chi connectivity index (χ1n) is 5.89. The van der Waals surface area contributed by atoms with E-state index in [-0.39, 0.29) is 0 Å². The molecule has 122 valence electrons. The van der Waals surface area contributed by atoms with Crippen molar-refractivity contribution in [3.8, 4) is 0 Å². The number of rotatable bonds is 5. The first kappa shape index (κ1) is 21.2. The summed E-state index contributed by atoms with van der Waals surface area (Å²) in [6, 6.07) is 0.633. The molecule has 0 amide bonds. The molecule has 0 aliphatic carbocycles. The van der Waals surface area contributed by atoms with Crippen molar-refractivity contribution in [2.75, 3.05) is 20.3 Å². The fourth-order valence-corrected chi connectivity index (χ4v) is 0.925. The molecular weight excluding hydrogens is 295 g/mol. The van der Waals surface area contributed by atoms with Gasteiger partial charge < -0.3 is 9.22 Å². The number of nitrogens with zero attached hydrogens (tertiary/aromatic N) is 1. The van der Waals surface area contributed by atoms with Crippen LogP contribution in [0.1, 0.15) is 34.6 Å². The van der Waals surface area contributed by atoms with Gasteiger partial charge >= 0.3 is 33.0 Å². The molecule has 1 unspecified atom stereocenters. The first-order chi connectivity index (χ1) is 7.87. The van der Waals surface area contributed by atoms with Gasteiger partial charge in [-0.1, -0.05) is 0 Å². The predicted octanol–water partition coefficient (Wildman–Crippen LogP) is 5.63. The van der Waals surface area contributed by atoms with Gasteiger partial charge in [-0.2, -0.15) is 0 Å². The van der Waals surface area contributed by atoms with Gasteiger partial charge in [-0.05, 0) is 34.6 Å². The Morgan fingerprint density at radius 3 is 1.42 bits per heavy atom. The van der Waals surface area contributed by atoms with E-state index in [2.05, 4.69) is 41.7 Å². The molecule has 0 saturated heterocycles. The third kappa shape index (κ3) is 20.4. The third-order valence-electron chi connectivity index (χ3n) is 2.67. The topological polar surface area (TPSA) is 9.23 Å². The van der Waals surface area contributed by atoms with Crippen molar-refractivity contribution < 1.29 is 34.4 Å². The van der Waals surface area contributed by atoms with Crippen LogP contribution >= 0.6 is 7.81 Å². The van der Waals surface area contributed by atoms with Gasteiger partial charge in [-0.3, -0.25) is 0 Å². The van der Waals surface area contributed by atoms with Crippen LogP contribution in [0.3, 0.4) is 0 Å². The van der Waals surface area contributed by atoms with E-state index < -0.39 is 7.81 Å². The molecule has 0 rings (SSSR count). The van der Waals surface area contributed by atoms with Gasteiger partial charge in [-0.25, -0.2) is 0 Å². The number of halogens is 6. The molecule has 0 aliphatic rings. The van der Waals surface area contributed by atoms with Crippen LogP contribution in [-0.2, 0) is 4.74 Å². The maximum atomic E-state index is 9.87. The number of hydrogen-bond donors (Lipinski definition) is 0. The summed E-state index contributed by atoms with van der Waals surface area (Å²) in [5, 5.41) is 0. The Hall–Kier alpha value is -0.0700. The molecule has 1 atom stereocenters. The second-order valence-electron chi connectivity index (χ2n) is 5.19. The molecule has 0 aliphatic heterocycles. The molecule has 0 radical (unpaired) electrons. The Labute approximate surface area is 110 Å². The van der Waals surface area contributed by atoms with Crippen LogP contribution in [0.4, 0.5) is 25.2 Å². The van der Waals surface area contributed by atoms with Gasteiger partial charge in [0.15, 0.2) is 6.73 Å². The van der Waals surface area contributed by atoms with E-state index in [1.165, 1.54) is 0 Å². The Morgan fingerprint density at radius 1 is 0.947 bits per heavy atom. The monoisotopic (exact) mass is 319 g/mol. The fraction of sp³-hybridized carbons (Fsp3) is 1.00. The van der Waals surface area contributed by atoms with Crippen molar-refractivity contribution in [2.45, 2.75) is 46.8 Å². The van der Waals surface area contributed by atoms with Crippen molar-refractivity contribution in [1.82, 2.24) is 0 Å². The average molecular weight is 319 g/mol. The summed E-state index contributed by atoms with van der Waals surface area (Å²) in [6.07, 6.45) is 0.341. The molecule has 19 heavy (non-hydrogen) atoms. The zero-order chi connectivity index (χ0) is 16.2. The molecule has 0 heterocycles. The van der Waals surface area contributed by atoms with Crippen LogP contribution in [0.2, 0.25) is 0 Å². The standard InChI is InChI=1S/C10H24NO.F6P/c1-7-11(6,9(2)3)8-12-10(4)5;1-7(2,3,4,5)6/h9-10H,7-8H2,1-6H3;/q+1;-1. The van der Waals surface area contributed by atoms with Crippen LogP contribution in [-0.4, -0.2) is 37.0 Å². The van der Waals surface area contributed by atoms with Gasteiger partial charge in [0.2, 0.25) is 0 Å². The number of quaternary nitrogens is 1. The summed E-state index contributed by atoms with van der Waals surface area (Å²) in [5.74, 6) is 0. The number of hydrogen-bond acceptors (Lipinski definition) is 1. The van der Waals surface area contributed by atoms with E-state index in [9.17, 15) is 25.2 Å². The second kappa shape index (κ2) is 5.74. The molecule has 0 aromatic carbocycles. The van der Waals surface area contributed by atoms with Crippen LogP contribution < -0.4 is 0 Å². The van der Waals surface area contributed by atoms with Gasteiger partial charge in [0.25, 0.3) is 0 Å². The first-order valence-corrected chi connectivity index (χ1v) is 7.92. The molecule has 0 N–H and O–H groups in total.